The van der Waals surface area contributed by atoms with Gasteiger partial charge in [0, 0.05) is 17.4 Å². The van der Waals surface area contributed by atoms with Gasteiger partial charge in [-0.05, 0) is 23.8 Å². The van der Waals surface area contributed by atoms with Gasteiger partial charge >= 0.3 is 5.82 Å². The average molecular weight is 318 g/mol. The third kappa shape index (κ3) is 3.83. The minimum Gasteiger partial charge on any atom is -0.358 e. The Morgan fingerprint density at radius 3 is 2.78 bits per heavy atom. The second kappa shape index (κ2) is 6.53. The van der Waals surface area contributed by atoms with Gasteiger partial charge in [-0.2, -0.15) is 0 Å². The molecule has 100 valence electrons. The van der Waals surface area contributed by atoms with Crippen LogP contribution in [-0.4, -0.2) is 26.8 Å². The van der Waals surface area contributed by atoms with Crippen LogP contribution >= 0.6 is 15.9 Å². The van der Waals surface area contributed by atoms with Crippen LogP contribution in [0.5, 0.6) is 0 Å². The molecule has 0 aliphatic carbocycles. The normalized spacial score (nSPS) is 12.2. The van der Waals surface area contributed by atoms with Crippen molar-refractivity contribution in [2.45, 2.75) is 24.6 Å². The van der Waals surface area contributed by atoms with Crippen LogP contribution in [0, 0.1) is 10.1 Å². The van der Waals surface area contributed by atoms with Crippen LogP contribution in [0.2, 0.25) is 0 Å². The molecule has 6 nitrogen and oxygen atoms in total. The lowest BCUT2D eigenvalue weighted by Crippen LogP contribution is -2.26. The molecule has 18 heavy (non-hydrogen) atoms. The molecule has 1 aromatic rings. The molecular formula is C11H16BrN3O3. The topological polar surface area (TPSA) is 77.2 Å². The Hall–Kier alpha value is -1.37. The van der Waals surface area contributed by atoms with Crippen LogP contribution in [0.25, 0.3) is 0 Å². The fraction of sp³-hybridized carbons (Fsp3) is 0.545. The Kier molecular flexibility index (Phi) is 5.33. The van der Waals surface area contributed by atoms with Gasteiger partial charge in [-0.1, -0.05) is 22.9 Å². The van der Waals surface area contributed by atoms with Crippen LogP contribution in [0.15, 0.2) is 12.1 Å². The largest absolute Gasteiger partial charge is 0.358 e. The first-order valence-electron chi connectivity index (χ1n) is 5.66. The molecule has 0 spiro atoms. The summed E-state index contributed by atoms with van der Waals surface area (Å²) >= 11 is 3.43. The van der Waals surface area contributed by atoms with Crippen molar-refractivity contribution >= 4 is 27.7 Å². The fourth-order valence-corrected chi connectivity index (χ4v) is 1.91. The van der Waals surface area contributed by atoms with E-state index in [0.717, 1.165) is 12.8 Å². The molecule has 1 aromatic heterocycles. The van der Waals surface area contributed by atoms with E-state index >= 15 is 0 Å². The highest BCUT2D eigenvalue weighted by atomic mass is 79.9. The Labute approximate surface area is 114 Å². The monoisotopic (exact) mass is 317 g/mol. The van der Waals surface area contributed by atoms with E-state index in [1.54, 1.807) is 0 Å². The summed E-state index contributed by atoms with van der Waals surface area (Å²) in [6.07, 6.45) is 1.83. The molecular weight excluding hydrogens is 302 g/mol. The van der Waals surface area contributed by atoms with E-state index in [1.165, 1.54) is 23.7 Å². The van der Waals surface area contributed by atoms with Crippen molar-refractivity contribution in [3.63, 3.8) is 0 Å². The number of amides is 1. The summed E-state index contributed by atoms with van der Waals surface area (Å²) in [5.41, 5.74) is 0.300. The van der Waals surface area contributed by atoms with Crippen molar-refractivity contribution in [2.24, 2.45) is 7.05 Å². The Balaban J connectivity index is 2.54. The number of hydrogen-bond donors (Lipinski definition) is 1. The summed E-state index contributed by atoms with van der Waals surface area (Å²) in [4.78, 5) is 22.3. The highest BCUT2D eigenvalue weighted by molar-refractivity contribution is 9.09. The summed E-state index contributed by atoms with van der Waals surface area (Å²) in [5, 5.41) is 13.4. The number of alkyl halides is 1. The van der Waals surface area contributed by atoms with E-state index in [2.05, 4.69) is 21.2 Å². The number of nitrogens with zero attached hydrogens (tertiary/aromatic N) is 2. The summed E-state index contributed by atoms with van der Waals surface area (Å²) in [5.74, 6) is -0.373. The third-order valence-electron chi connectivity index (χ3n) is 2.58. The predicted octanol–water partition coefficient (Wildman–Crippen LogP) is 2.23. The molecule has 0 fully saturated rings. The third-order valence-corrected chi connectivity index (χ3v) is 3.04. The van der Waals surface area contributed by atoms with Crippen molar-refractivity contribution in [3.05, 3.63) is 27.9 Å². The summed E-state index contributed by atoms with van der Waals surface area (Å²) in [7, 11) is 1.51. The van der Waals surface area contributed by atoms with E-state index in [4.69, 9.17) is 0 Å². The van der Waals surface area contributed by atoms with Crippen LogP contribution in [0.4, 0.5) is 5.82 Å². The first-order valence-corrected chi connectivity index (χ1v) is 6.57. The lowest BCUT2D eigenvalue weighted by Gasteiger charge is -2.05. The summed E-state index contributed by atoms with van der Waals surface area (Å²) < 4.78 is 1.28. The zero-order chi connectivity index (χ0) is 13.7. The van der Waals surface area contributed by atoms with E-state index < -0.39 is 4.92 Å². The van der Waals surface area contributed by atoms with Crippen LogP contribution in [-0.2, 0) is 7.05 Å². The highest BCUT2D eigenvalue weighted by Crippen LogP contribution is 2.14. The van der Waals surface area contributed by atoms with Gasteiger partial charge in [-0.3, -0.25) is 4.79 Å². The molecule has 0 bridgehead atoms. The first-order chi connectivity index (χ1) is 8.43. The number of halogens is 1. The van der Waals surface area contributed by atoms with Gasteiger partial charge in [0.15, 0.2) is 5.69 Å². The van der Waals surface area contributed by atoms with Gasteiger partial charge in [0.25, 0.3) is 5.91 Å². The zero-order valence-corrected chi connectivity index (χ0v) is 11.9. The van der Waals surface area contributed by atoms with Gasteiger partial charge in [0.05, 0.1) is 7.05 Å². The second-order valence-corrected chi connectivity index (χ2v) is 5.63. The van der Waals surface area contributed by atoms with E-state index in [-0.39, 0.29) is 11.7 Å². The number of carbonyl (C=O) groups is 1. The number of aromatic nitrogens is 1. The van der Waals surface area contributed by atoms with Crippen LogP contribution < -0.4 is 5.32 Å². The van der Waals surface area contributed by atoms with Gasteiger partial charge in [-0.15, -0.1) is 0 Å². The average Bonchev–Trinajstić information content (AvgIpc) is 2.66. The zero-order valence-electron chi connectivity index (χ0n) is 10.4. The minimum atomic E-state index is -0.511. The van der Waals surface area contributed by atoms with E-state index in [0.29, 0.717) is 17.1 Å². The molecule has 1 heterocycles. The summed E-state index contributed by atoms with van der Waals surface area (Å²) in [6, 6.07) is 2.79. The van der Waals surface area contributed by atoms with Gasteiger partial charge in [-0.25, -0.2) is 4.57 Å². The number of hydrogen-bond acceptors (Lipinski definition) is 3. The molecule has 1 atom stereocenters. The van der Waals surface area contributed by atoms with Crippen molar-refractivity contribution < 1.29 is 9.72 Å². The Morgan fingerprint density at radius 2 is 2.28 bits per heavy atom. The van der Waals surface area contributed by atoms with Crippen LogP contribution in [0.1, 0.15) is 30.3 Å². The maximum absolute atomic E-state index is 11.8. The number of carbonyl (C=O) groups excluding carboxylic acids is 1. The number of nitrogens with one attached hydrogen (secondary N) is 1. The molecule has 0 aliphatic heterocycles. The SMILES string of the molecule is CC(Br)CCCNC(=O)c1ccc([N+](=O)[O-])n1C. The molecule has 0 aliphatic rings. The van der Waals surface area contributed by atoms with Gasteiger partial charge in [0.1, 0.15) is 0 Å². The number of rotatable bonds is 6. The molecule has 1 amide bonds. The van der Waals surface area contributed by atoms with Crippen molar-refractivity contribution in [1.82, 2.24) is 9.88 Å². The predicted molar refractivity (Wildman–Crippen MR) is 72.0 cm³/mol. The standard InChI is InChI=1S/C11H16BrN3O3/c1-8(12)4-3-7-13-11(16)9-5-6-10(14(9)2)15(17)18/h5-6,8H,3-4,7H2,1-2H3,(H,13,16). The molecule has 0 saturated heterocycles. The van der Waals surface area contributed by atoms with Crippen molar-refractivity contribution in [3.8, 4) is 0 Å². The summed E-state index contributed by atoms with van der Waals surface area (Å²) in [6.45, 7) is 2.61. The van der Waals surface area contributed by atoms with E-state index in [1.807, 2.05) is 6.92 Å². The van der Waals surface area contributed by atoms with Crippen molar-refractivity contribution in [2.75, 3.05) is 6.54 Å². The molecule has 0 saturated carbocycles. The molecule has 1 rings (SSSR count). The molecule has 0 radical (unpaired) electrons. The second-order valence-electron chi connectivity index (χ2n) is 4.07. The number of nitro groups is 1. The maximum atomic E-state index is 11.8. The first kappa shape index (κ1) is 14.7. The van der Waals surface area contributed by atoms with Crippen molar-refractivity contribution in [1.29, 1.82) is 0 Å². The molecule has 0 aromatic carbocycles. The molecule has 7 heteroatoms. The smallest absolute Gasteiger partial charge is 0.323 e. The highest BCUT2D eigenvalue weighted by Gasteiger charge is 2.19. The fourth-order valence-electron chi connectivity index (χ4n) is 1.59. The van der Waals surface area contributed by atoms with Crippen LogP contribution in [0.3, 0.4) is 0 Å². The Bertz CT molecular complexity index is 443. The lowest BCUT2D eigenvalue weighted by molar-refractivity contribution is -0.391. The Morgan fingerprint density at radius 1 is 1.61 bits per heavy atom. The molecule has 1 N–H and O–H groups in total. The van der Waals surface area contributed by atoms with E-state index in [9.17, 15) is 14.9 Å². The minimum absolute atomic E-state index is 0.0887. The quantitative estimate of drug-likeness (QED) is 0.378. The van der Waals surface area contributed by atoms with Gasteiger partial charge in [0.2, 0.25) is 0 Å². The van der Waals surface area contributed by atoms with Gasteiger partial charge < -0.3 is 15.4 Å². The lowest BCUT2D eigenvalue weighted by atomic mass is 10.2. The maximum Gasteiger partial charge on any atom is 0.323 e. The molecule has 1 unspecified atom stereocenters.